The van der Waals surface area contributed by atoms with Crippen LogP contribution in [-0.2, 0) is 0 Å². The third-order valence-corrected chi connectivity index (χ3v) is 6.27. The van der Waals surface area contributed by atoms with Crippen molar-refractivity contribution >= 4 is 21.8 Å². The first-order valence-corrected chi connectivity index (χ1v) is 11.0. The first-order valence-electron chi connectivity index (χ1n) is 11.0. The molecule has 0 saturated heterocycles. The molecule has 0 aliphatic carbocycles. The van der Waals surface area contributed by atoms with Crippen molar-refractivity contribution in [1.82, 2.24) is 4.57 Å². The van der Waals surface area contributed by atoms with Crippen molar-refractivity contribution in [2.75, 3.05) is 0 Å². The van der Waals surface area contributed by atoms with E-state index < -0.39 is 0 Å². The number of nitrogens with zero attached hydrogens (tertiary/aromatic N) is 1. The van der Waals surface area contributed by atoms with Gasteiger partial charge in [0, 0.05) is 16.5 Å². The van der Waals surface area contributed by atoms with Gasteiger partial charge in [-0.2, -0.15) is 0 Å². The van der Waals surface area contributed by atoms with Gasteiger partial charge in [-0.25, -0.2) is 0 Å². The van der Waals surface area contributed by atoms with Gasteiger partial charge in [0.2, 0.25) is 0 Å². The molecule has 6 rings (SSSR count). The average molecular weight is 410 g/mol. The smallest absolute Gasteiger partial charge is 0.0541 e. The van der Waals surface area contributed by atoms with Gasteiger partial charge in [-0.1, -0.05) is 96.6 Å². The molecule has 0 N–H and O–H groups in total. The Kier molecular flexibility index (Phi) is 4.40. The second-order valence-electron chi connectivity index (χ2n) is 8.37. The van der Waals surface area contributed by atoms with E-state index >= 15 is 0 Å². The first kappa shape index (κ1) is 18.7. The predicted molar refractivity (Wildman–Crippen MR) is 136 cm³/mol. The highest BCUT2D eigenvalue weighted by atomic mass is 15.0. The van der Waals surface area contributed by atoms with Crippen LogP contribution in [0.5, 0.6) is 0 Å². The molecule has 32 heavy (non-hydrogen) atoms. The van der Waals surface area contributed by atoms with Crippen molar-refractivity contribution in [1.29, 1.82) is 0 Å². The van der Waals surface area contributed by atoms with Crippen molar-refractivity contribution in [3.05, 3.63) is 127 Å². The highest BCUT2D eigenvalue weighted by Crippen LogP contribution is 2.33. The second-order valence-corrected chi connectivity index (χ2v) is 8.37. The van der Waals surface area contributed by atoms with E-state index in [2.05, 4.69) is 133 Å². The van der Waals surface area contributed by atoms with Gasteiger partial charge in [0.25, 0.3) is 0 Å². The van der Waals surface area contributed by atoms with Gasteiger partial charge in [0.1, 0.15) is 0 Å². The summed E-state index contributed by atoms with van der Waals surface area (Å²) in [6.45, 7) is 2.13. The molecule has 0 radical (unpaired) electrons. The van der Waals surface area contributed by atoms with E-state index in [1.807, 2.05) is 0 Å². The van der Waals surface area contributed by atoms with Gasteiger partial charge < -0.3 is 4.57 Å². The largest absolute Gasteiger partial charge is 0.309 e. The fourth-order valence-electron chi connectivity index (χ4n) is 4.65. The van der Waals surface area contributed by atoms with Crippen molar-refractivity contribution in [2.45, 2.75) is 6.92 Å². The van der Waals surface area contributed by atoms with E-state index in [4.69, 9.17) is 0 Å². The summed E-state index contributed by atoms with van der Waals surface area (Å²) in [7, 11) is 0. The molecule has 0 unspecified atom stereocenters. The summed E-state index contributed by atoms with van der Waals surface area (Å²) < 4.78 is 2.37. The van der Waals surface area contributed by atoms with E-state index in [1.165, 1.54) is 55.3 Å². The number of hydrogen-bond donors (Lipinski definition) is 0. The minimum atomic E-state index is 1.18. The van der Waals surface area contributed by atoms with Crippen molar-refractivity contribution < 1.29 is 0 Å². The van der Waals surface area contributed by atoms with E-state index in [0.717, 1.165) is 0 Å². The zero-order chi connectivity index (χ0) is 21.5. The van der Waals surface area contributed by atoms with E-state index in [9.17, 15) is 0 Å². The Balaban J connectivity index is 1.50. The number of benzene rings is 5. The van der Waals surface area contributed by atoms with Crippen LogP contribution in [0.25, 0.3) is 49.7 Å². The zero-order valence-corrected chi connectivity index (χ0v) is 18.0. The van der Waals surface area contributed by atoms with Crippen molar-refractivity contribution in [3.63, 3.8) is 0 Å². The Morgan fingerprint density at radius 3 is 1.62 bits per heavy atom. The number of rotatable bonds is 3. The van der Waals surface area contributed by atoms with Gasteiger partial charge in [0.05, 0.1) is 11.0 Å². The Labute approximate surface area is 188 Å². The SMILES string of the molecule is Cc1ccc(-c2cccc(-c3cccc(-n4c5ccccc5c5ccccc54)c3)c2)cc1. The molecule has 0 aliphatic heterocycles. The number of para-hydroxylation sites is 2. The van der Waals surface area contributed by atoms with Crippen LogP contribution < -0.4 is 0 Å². The number of aryl methyl sites for hydroxylation is 1. The van der Waals surface area contributed by atoms with Crippen LogP contribution in [0.2, 0.25) is 0 Å². The summed E-state index contributed by atoms with van der Waals surface area (Å²) in [5, 5.41) is 2.57. The number of fused-ring (bicyclic) bond motifs is 3. The molecular weight excluding hydrogens is 386 g/mol. The van der Waals surface area contributed by atoms with Crippen LogP contribution in [0, 0.1) is 6.92 Å². The first-order chi connectivity index (χ1) is 15.8. The maximum absolute atomic E-state index is 2.37. The Morgan fingerprint density at radius 2 is 0.969 bits per heavy atom. The lowest BCUT2D eigenvalue weighted by molar-refractivity contribution is 1.18. The van der Waals surface area contributed by atoms with Crippen LogP contribution in [0.4, 0.5) is 0 Å². The lowest BCUT2D eigenvalue weighted by atomic mass is 9.98. The Morgan fingerprint density at radius 1 is 0.438 bits per heavy atom. The zero-order valence-electron chi connectivity index (χ0n) is 18.0. The lowest BCUT2D eigenvalue weighted by Gasteiger charge is -2.11. The molecule has 0 amide bonds. The normalized spacial score (nSPS) is 11.3. The highest BCUT2D eigenvalue weighted by molar-refractivity contribution is 6.09. The lowest BCUT2D eigenvalue weighted by Crippen LogP contribution is -1.94. The Hall–Kier alpha value is -4.10. The summed E-state index contributed by atoms with van der Waals surface area (Å²) in [4.78, 5) is 0. The summed E-state index contributed by atoms with van der Waals surface area (Å²) in [6, 6.07) is 43.7. The van der Waals surface area contributed by atoms with Crippen LogP contribution >= 0.6 is 0 Å². The fourth-order valence-corrected chi connectivity index (χ4v) is 4.65. The van der Waals surface area contributed by atoms with Crippen LogP contribution in [0.1, 0.15) is 5.56 Å². The summed E-state index contributed by atoms with van der Waals surface area (Å²) in [6.07, 6.45) is 0. The molecule has 1 aromatic heterocycles. The van der Waals surface area contributed by atoms with Crippen LogP contribution in [0.3, 0.4) is 0 Å². The van der Waals surface area contributed by atoms with Gasteiger partial charge in [-0.05, 0) is 59.5 Å². The van der Waals surface area contributed by atoms with Gasteiger partial charge in [0.15, 0.2) is 0 Å². The number of aromatic nitrogens is 1. The van der Waals surface area contributed by atoms with Crippen LogP contribution in [-0.4, -0.2) is 4.57 Å². The maximum Gasteiger partial charge on any atom is 0.0541 e. The monoisotopic (exact) mass is 409 g/mol. The van der Waals surface area contributed by atoms with E-state index in [-0.39, 0.29) is 0 Å². The molecule has 1 heterocycles. The average Bonchev–Trinajstić information content (AvgIpc) is 3.19. The summed E-state index contributed by atoms with van der Waals surface area (Å²) in [5.74, 6) is 0. The second kappa shape index (κ2) is 7.55. The molecule has 1 heteroatoms. The molecule has 0 saturated carbocycles. The van der Waals surface area contributed by atoms with Crippen LogP contribution in [0.15, 0.2) is 121 Å². The molecular formula is C31H23N. The molecule has 0 fully saturated rings. The molecule has 1 nitrogen and oxygen atoms in total. The minimum absolute atomic E-state index is 1.18. The van der Waals surface area contributed by atoms with E-state index in [1.54, 1.807) is 0 Å². The van der Waals surface area contributed by atoms with Gasteiger partial charge >= 0.3 is 0 Å². The predicted octanol–water partition coefficient (Wildman–Crippen LogP) is 8.43. The van der Waals surface area contributed by atoms with Gasteiger partial charge in [-0.15, -0.1) is 0 Å². The third-order valence-electron chi connectivity index (χ3n) is 6.27. The maximum atomic E-state index is 2.37. The molecule has 0 atom stereocenters. The minimum Gasteiger partial charge on any atom is -0.309 e. The van der Waals surface area contributed by atoms with Crippen molar-refractivity contribution in [3.8, 4) is 27.9 Å². The molecule has 0 aliphatic rings. The highest BCUT2D eigenvalue weighted by Gasteiger charge is 2.12. The Bertz CT molecular complexity index is 1510. The van der Waals surface area contributed by atoms with Crippen molar-refractivity contribution in [2.24, 2.45) is 0 Å². The standard InChI is InChI=1S/C31H23N/c1-22-16-18-23(19-17-22)24-8-6-9-25(20-24)26-10-7-11-27(21-26)32-30-14-4-2-12-28(30)29-13-3-5-15-31(29)32/h2-21H,1H3. The molecule has 0 bridgehead atoms. The molecule has 5 aromatic carbocycles. The fraction of sp³-hybridized carbons (Fsp3) is 0.0323. The molecule has 6 aromatic rings. The third kappa shape index (κ3) is 3.11. The number of hydrogen-bond acceptors (Lipinski definition) is 0. The van der Waals surface area contributed by atoms with Gasteiger partial charge in [-0.3, -0.25) is 0 Å². The molecule has 0 spiro atoms. The summed E-state index contributed by atoms with van der Waals surface area (Å²) >= 11 is 0. The topological polar surface area (TPSA) is 4.93 Å². The summed E-state index contributed by atoms with van der Waals surface area (Å²) in [5.41, 5.74) is 9.87. The quantitative estimate of drug-likeness (QED) is 0.276. The van der Waals surface area contributed by atoms with E-state index in [0.29, 0.717) is 0 Å². The molecule has 152 valence electrons.